The zero-order valence-corrected chi connectivity index (χ0v) is 9.06. The first kappa shape index (κ1) is 9.81. The maximum Gasteiger partial charge on any atom is 0.0666 e. The van der Waals surface area contributed by atoms with Crippen molar-refractivity contribution < 1.29 is 4.74 Å². The minimum absolute atomic E-state index is 0.460. The van der Waals surface area contributed by atoms with Gasteiger partial charge in [0.2, 0.25) is 0 Å². The highest BCUT2D eigenvalue weighted by molar-refractivity contribution is 8.00. The molecule has 1 saturated carbocycles. The molecule has 2 N–H and O–H groups in total. The molecule has 1 heterocycles. The van der Waals surface area contributed by atoms with E-state index in [9.17, 15) is 0 Å². The SMILES string of the molecule is CC1OCCC1SC1CCC(N)C1. The first-order chi connectivity index (χ1) is 6.25. The molecule has 2 nitrogen and oxygen atoms in total. The molecule has 4 unspecified atom stereocenters. The average Bonchev–Trinajstić information content (AvgIpc) is 2.64. The van der Waals surface area contributed by atoms with E-state index in [2.05, 4.69) is 18.7 Å². The van der Waals surface area contributed by atoms with E-state index in [4.69, 9.17) is 10.5 Å². The van der Waals surface area contributed by atoms with Crippen LogP contribution in [0, 0.1) is 0 Å². The number of rotatable bonds is 2. The second-order valence-corrected chi connectivity index (χ2v) is 5.78. The first-order valence-electron chi connectivity index (χ1n) is 5.28. The lowest BCUT2D eigenvalue weighted by Crippen LogP contribution is -2.19. The second-order valence-electron chi connectivity index (χ2n) is 4.23. The molecule has 4 atom stereocenters. The van der Waals surface area contributed by atoms with Gasteiger partial charge >= 0.3 is 0 Å². The van der Waals surface area contributed by atoms with E-state index in [0.717, 1.165) is 17.1 Å². The fourth-order valence-electron chi connectivity index (χ4n) is 2.23. The quantitative estimate of drug-likeness (QED) is 0.739. The molecule has 0 radical (unpaired) electrons. The maximum atomic E-state index is 5.89. The number of hydrogen-bond donors (Lipinski definition) is 1. The third-order valence-electron chi connectivity index (χ3n) is 3.10. The van der Waals surface area contributed by atoms with Crippen molar-refractivity contribution in [3.63, 3.8) is 0 Å². The lowest BCUT2D eigenvalue weighted by molar-refractivity contribution is 0.127. The Morgan fingerprint density at radius 2 is 2.15 bits per heavy atom. The van der Waals surface area contributed by atoms with E-state index in [1.165, 1.54) is 25.7 Å². The van der Waals surface area contributed by atoms with Gasteiger partial charge in [-0.25, -0.2) is 0 Å². The number of ether oxygens (including phenoxy) is 1. The highest BCUT2D eigenvalue weighted by Gasteiger charge is 2.30. The lowest BCUT2D eigenvalue weighted by atomic mass is 10.2. The molecule has 0 aromatic rings. The first-order valence-corrected chi connectivity index (χ1v) is 6.22. The molecule has 0 amide bonds. The second kappa shape index (κ2) is 4.20. The van der Waals surface area contributed by atoms with Gasteiger partial charge in [-0.3, -0.25) is 0 Å². The largest absolute Gasteiger partial charge is 0.377 e. The van der Waals surface area contributed by atoms with Crippen molar-refractivity contribution in [3.8, 4) is 0 Å². The van der Waals surface area contributed by atoms with Crippen LogP contribution < -0.4 is 5.73 Å². The van der Waals surface area contributed by atoms with E-state index >= 15 is 0 Å². The molecule has 0 aromatic heterocycles. The van der Waals surface area contributed by atoms with Gasteiger partial charge < -0.3 is 10.5 Å². The summed E-state index contributed by atoms with van der Waals surface area (Å²) in [5.41, 5.74) is 5.89. The molecule has 0 aromatic carbocycles. The molecule has 2 fully saturated rings. The third-order valence-corrected chi connectivity index (χ3v) is 4.88. The number of nitrogens with two attached hydrogens (primary N) is 1. The summed E-state index contributed by atoms with van der Waals surface area (Å²) in [6, 6.07) is 0.468. The summed E-state index contributed by atoms with van der Waals surface area (Å²) in [6.45, 7) is 3.15. The minimum Gasteiger partial charge on any atom is -0.377 e. The summed E-state index contributed by atoms with van der Waals surface area (Å²) in [5.74, 6) is 0. The van der Waals surface area contributed by atoms with Crippen molar-refractivity contribution in [1.29, 1.82) is 0 Å². The molecule has 1 saturated heterocycles. The average molecular weight is 201 g/mol. The summed E-state index contributed by atoms with van der Waals surface area (Å²) in [4.78, 5) is 0. The fraction of sp³-hybridized carbons (Fsp3) is 1.00. The van der Waals surface area contributed by atoms with Crippen LogP contribution in [-0.2, 0) is 4.74 Å². The Kier molecular flexibility index (Phi) is 3.17. The normalized spacial score (nSPS) is 45.7. The smallest absolute Gasteiger partial charge is 0.0666 e. The van der Waals surface area contributed by atoms with Gasteiger partial charge in [0, 0.05) is 23.1 Å². The summed E-state index contributed by atoms with van der Waals surface area (Å²) < 4.78 is 5.55. The minimum atomic E-state index is 0.460. The Bertz CT molecular complexity index is 176. The molecule has 0 bridgehead atoms. The summed E-state index contributed by atoms with van der Waals surface area (Å²) in [7, 11) is 0. The molecule has 1 aliphatic heterocycles. The van der Waals surface area contributed by atoms with Crippen LogP contribution in [0.4, 0.5) is 0 Å². The topological polar surface area (TPSA) is 35.2 Å². The van der Waals surface area contributed by atoms with Crippen LogP contribution in [0.3, 0.4) is 0 Å². The van der Waals surface area contributed by atoms with E-state index in [1.807, 2.05) is 0 Å². The van der Waals surface area contributed by atoms with Gasteiger partial charge in [0.25, 0.3) is 0 Å². The van der Waals surface area contributed by atoms with Gasteiger partial charge in [0.15, 0.2) is 0 Å². The Morgan fingerprint density at radius 1 is 1.31 bits per heavy atom. The zero-order chi connectivity index (χ0) is 9.26. The van der Waals surface area contributed by atoms with Crippen molar-refractivity contribution in [2.75, 3.05) is 6.61 Å². The van der Waals surface area contributed by atoms with Crippen molar-refractivity contribution in [2.24, 2.45) is 5.73 Å². The Balaban J connectivity index is 1.77. The molecular weight excluding hydrogens is 182 g/mol. The summed E-state index contributed by atoms with van der Waals surface area (Å²) in [6.07, 6.45) is 5.45. The standard InChI is InChI=1S/C10H19NOS/c1-7-10(4-5-12-7)13-9-3-2-8(11)6-9/h7-10H,2-6,11H2,1H3. The van der Waals surface area contributed by atoms with E-state index in [0.29, 0.717) is 12.1 Å². The Morgan fingerprint density at radius 3 is 2.69 bits per heavy atom. The summed E-state index contributed by atoms with van der Waals surface area (Å²) in [5, 5.41) is 1.54. The third kappa shape index (κ3) is 2.39. The number of hydrogen-bond acceptors (Lipinski definition) is 3. The molecule has 13 heavy (non-hydrogen) atoms. The van der Waals surface area contributed by atoms with Crippen LogP contribution in [0.1, 0.15) is 32.6 Å². The predicted molar refractivity (Wildman–Crippen MR) is 57.0 cm³/mol. The van der Waals surface area contributed by atoms with Crippen LogP contribution in [0.15, 0.2) is 0 Å². The zero-order valence-electron chi connectivity index (χ0n) is 8.24. The van der Waals surface area contributed by atoms with Crippen molar-refractivity contribution >= 4 is 11.8 Å². The van der Waals surface area contributed by atoms with Crippen molar-refractivity contribution in [3.05, 3.63) is 0 Å². The number of thioether (sulfide) groups is 1. The molecular formula is C10H19NOS. The lowest BCUT2D eigenvalue weighted by Gasteiger charge is -2.17. The van der Waals surface area contributed by atoms with Gasteiger partial charge in [-0.1, -0.05) is 0 Å². The monoisotopic (exact) mass is 201 g/mol. The highest BCUT2D eigenvalue weighted by Crippen LogP contribution is 2.36. The van der Waals surface area contributed by atoms with E-state index < -0.39 is 0 Å². The van der Waals surface area contributed by atoms with Gasteiger partial charge in [0.05, 0.1) is 6.10 Å². The van der Waals surface area contributed by atoms with Crippen LogP contribution in [-0.4, -0.2) is 29.3 Å². The van der Waals surface area contributed by atoms with Crippen LogP contribution in [0.2, 0.25) is 0 Å². The molecule has 0 spiro atoms. The Hall–Kier alpha value is 0.270. The highest BCUT2D eigenvalue weighted by atomic mass is 32.2. The van der Waals surface area contributed by atoms with Crippen LogP contribution in [0.25, 0.3) is 0 Å². The Labute approximate surface area is 84.6 Å². The maximum absolute atomic E-state index is 5.89. The molecule has 1 aliphatic carbocycles. The van der Waals surface area contributed by atoms with Crippen LogP contribution in [0.5, 0.6) is 0 Å². The molecule has 76 valence electrons. The van der Waals surface area contributed by atoms with Gasteiger partial charge in [-0.2, -0.15) is 11.8 Å². The van der Waals surface area contributed by atoms with Crippen molar-refractivity contribution in [2.45, 2.75) is 55.3 Å². The van der Waals surface area contributed by atoms with Gasteiger partial charge in [0.1, 0.15) is 0 Å². The van der Waals surface area contributed by atoms with Crippen LogP contribution >= 0.6 is 11.8 Å². The molecule has 3 heteroatoms. The fourth-order valence-corrected chi connectivity index (χ4v) is 3.89. The van der Waals surface area contributed by atoms with Gasteiger partial charge in [-0.05, 0) is 32.6 Å². The van der Waals surface area contributed by atoms with E-state index in [-0.39, 0.29) is 0 Å². The summed E-state index contributed by atoms with van der Waals surface area (Å²) >= 11 is 2.12. The van der Waals surface area contributed by atoms with Gasteiger partial charge in [-0.15, -0.1) is 0 Å². The molecule has 2 aliphatic rings. The molecule has 2 rings (SSSR count). The van der Waals surface area contributed by atoms with E-state index in [1.54, 1.807) is 0 Å². The van der Waals surface area contributed by atoms with Crippen molar-refractivity contribution in [1.82, 2.24) is 0 Å². The predicted octanol–water partition coefficient (Wildman–Crippen LogP) is 1.78.